The third kappa shape index (κ3) is 4.31. The van der Waals surface area contributed by atoms with Crippen LogP contribution in [0.1, 0.15) is 92.4 Å². The molecule has 0 aromatic rings. The molecule has 0 bridgehead atoms. The van der Waals surface area contributed by atoms with Crippen molar-refractivity contribution >= 4 is 17.5 Å². The maximum Gasteiger partial charge on any atom is 0.302 e. The SMILES string of the molecule is CC(=O)O[C@@H]1C[C@H]2[C@@H]3CCC4=CC(=O)CC[C@]4(C)[C@H]3CC[C@]2(C)[C@H]1[C@H](C)C(=O)CCC(C)CO. The Morgan fingerprint density at radius 1 is 1.15 bits per heavy atom. The number of Topliss-reactive ketones (excluding diaryl/α,β-unsaturated/α-hetero) is 1. The van der Waals surface area contributed by atoms with E-state index in [0.717, 1.165) is 38.5 Å². The van der Waals surface area contributed by atoms with Crippen molar-refractivity contribution in [2.75, 3.05) is 6.61 Å². The number of allylic oxidation sites excluding steroid dienone is 1. The van der Waals surface area contributed by atoms with Gasteiger partial charge in [-0.2, -0.15) is 0 Å². The zero-order valence-electron chi connectivity index (χ0n) is 21.8. The fourth-order valence-electron chi connectivity index (χ4n) is 8.72. The van der Waals surface area contributed by atoms with Gasteiger partial charge in [-0.25, -0.2) is 0 Å². The van der Waals surface area contributed by atoms with E-state index in [1.54, 1.807) is 0 Å². The fraction of sp³-hybridized carbons (Fsp3) is 0.828. The summed E-state index contributed by atoms with van der Waals surface area (Å²) in [5.41, 5.74) is 1.44. The molecule has 0 aliphatic heterocycles. The summed E-state index contributed by atoms with van der Waals surface area (Å²) in [6.07, 6.45) is 9.61. The number of carbonyl (C=O) groups is 3. The van der Waals surface area contributed by atoms with E-state index in [1.807, 2.05) is 19.9 Å². The van der Waals surface area contributed by atoms with Crippen LogP contribution in [0.5, 0.6) is 0 Å². The summed E-state index contributed by atoms with van der Waals surface area (Å²) in [5, 5.41) is 9.37. The molecule has 4 rings (SSSR count). The first-order valence-electron chi connectivity index (χ1n) is 13.6. The highest BCUT2D eigenvalue weighted by Gasteiger charge is 2.63. The molecule has 0 spiro atoms. The smallest absolute Gasteiger partial charge is 0.302 e. The molecule has 34 heavy (non-hydrogen) atoms. The molecule has 1 unspecified atom stereocenters. The van der Waals surface area contributed by atoms with Gasteiger partial charge >= 0.3 is 5.97 Å². The first-order chi connectivity index (χ1) is 16.0. The van der Waals surface area contributed by atoms with E-state index < -0.39 is 0 Å². The Morgan fingerprint density at radius 3 is 2.56 bits per heavy atom. The summed E-state index contributed by atoms with van der Waals surface area (Å²) in [7, 11) is 0. The number of hydrogen-bond acceptors (Lipinski definition) is 5. The minimum atomic E-state index is -0.256. The van der Waals surface area contributed by atoms with E-state index in [9.17, 15) is 19.5 Å². The van der Waals surface area contributed by atoms with Crippen LogP contribution < -0.4 is 0 Å². The quantitative estimate of drug-likeness (QED) is 0.509. The van der Waals surface area contributed by atoms with E-state index in [1.165, 1.54) is 12.5 Å². The van der Waals surface area contributed by atoms with Gasteiger partial charge in [0.15, 0.2) is 5.78 Å². The van der Waals surface area contributed by atoms with Crippen molar-refractivity contribution in [2.24, 2.45) is 46.3 Å². The normalized spacial score (nSPS) is 40.9. The van der Waals surface area contributed by atoms with E-state index in [-0.39, 0.29) is 58.8 Å². The van der Waals surface area contributed by atoms with Crippen molar-refractivity contribution in [3.8, 4) is 0 Å². The molecule has 4 aliphatic carbocycles. The number of fused-ring (bicyclic) bond motifs is 5. The van der Waals surface area contributed by atoms with Crippen LogP contribution in [0, 0.1) is 46.3 Å². The van der Waals surface area contributed by atoms with Gasteiger partial charge in [0.1, 0.15) is 11.9 Å². The van der Waals surface area contributed by atoms with E-state index in [0.29, 0.717) is 37.0 Å². The number of ether oxygens (including phenoxy) is 1. The lowest BCUT2D eigenvalue weighted by Gasteiger charge is -2.58. The third-order valence-corrected chi connectivity index (χ3v) is 10.6. The standard InChI is InChI=1S/C29H44O5/c1-17(16-30)6-9-25(33)18(2)27-26(34-19(3)31)15-24-22-8-7-20-14-21(32)10-12-28(20,4)23(22)11-13-29(24,27)5/h14,17-18,22-24,26-27,30H,6-13,15-16H2,1-5H3/t17?,18-,22-,23+,24+,26-,27+,28+,29+/m1/s1. The van der Waals surface area contributed by atoms with Crippen molar-refractivity contribution in [2.45, 2.75) is 98.5 Å². The highest BCUT2D eigenvalue weighted by Crippen LogP contribution is 2.68. The molecule has 1 N–H and O–H groups in total. The Bertz CT molecular complexity index is 861. The van der Waals surface area contributed by atoms with Crippen molar-refractivity contribution in [1.82, 2.24) is 0 Å². The van der Waals surface area contributed by atoms with Crippen molar-refractivity contribution in [3.63, 3.8) is 0 Å². The Hall–Kier alpha value is -1.49. The average Bonchev–Trinajstić information content (AvgIpc) is 3.08. The molecule has 0 amide bonds. The van der Waals surface area contributed by atoms with Gasteiger partial charge in [0.2, 0.25) is 0 Å². The molecule has 0 heterocycles. The van der Waals surface area contributed by atoms with Crippen molar-refractivity contribution < 1.29 is 24.2 Å². The molecular weight excluding hydrogens is 428 g/mol. The van der Waals surface area contributed by atoms with Gasteiger partial charge in [-0.1, -0.05) is 33.3 Å². The predicted molar refractivity (Wildman–Crippen MR) is 131 cm³/mol. The lowest BCUT2D eigenvalue weighted by atomic mass is 9.46. The molecule has 5 nitrogen and oxygen atoms in total. The fourth-order valence-corrected chi connectivity index (χ4v) is 8.72. The number of ketones is 2. The zero-order valence-corrected chi connectivity index (χ0v) is 21.8. The number of hydrogen-bond donors (Lipinski definition) is 1. The Kier molecular flexibility index (Phi) is 7.17. The molecule has 0 aromatic heterocycles. The second-order valence-corrected chi connectivity index (χ2v) is 12.5. The molecular formula is C29H44O5. The lowest BCUT2D eigenvalue weighted by Crippen LogP contribution is -2.51. The van der Waals surface area contributed by atoms with Crippen LogP contribution in [0.4, 0.5) is 0 Å². The monoisotopic (exact) mass is 472 g/mol. The van der Waals surface area contributed by atoms with E-state index in [4.69, 9.17) is 4.74 Å². The summed E-state index contributed by atoms with van der Waals surface area (Å²) in [6.45, 7) is 10.3. The van der Waals surface area contributed by atoms with Gasteiger partial charge < -0.3 is 9.84 Å². The number of carbonyl (C=O) groups excluding carboxylic acids is 3. The van der Waals surface area contributed by atoms with Crippen LogP contribution in [-0.2, 0) is 19.1 Å². The van der Waals surface area contributed by atoms with Crippen molar-refractivity contribution in [1.29, 1.82) is 0 Å². The number of rotatable bonds is 7. The topological polar surface area (TPSA) is 80.7 Å². The largest absolute Gasteiger partial charge is 0.462 e. The van der Waals surface area contributed by atoms with Gasteiger partial charge in [0.25, 0.3) is 0 Å². The zero-order chi connectivity index (χ0) is 24.8. The Balaban J connectivity index is 1.61. The van der Waals surface area contributed by atoms with Gasteiger partial charge in [0, 0.05) is 38.2 Å². The van der Waals surface area contributed by atoms with Gasteiger partial charge in [-0.05, 0) is 85.5 Å². The molecule has 3 saturated carbocycles. The molecule has 4 aliphatic rings. The maximum absolute atomic E-state index is 13.3. The molecule has 0 aromatic carbocycles. The first kappa shape index (κ1) is 25.6. The molecule has 3 fully saturated rings. The van der Waals surface area contributed by atoms with Crippen LogP contribution in [-0.4, -0.2) is 35.4 Å². The molecule has 5 heteroatoms. The summed E-state index contributed by atoms with van der Waals surface area (Å²) in [4.78, 5) is 37.5. The van der Waals surface area contributed by atoms with Gasteiger partial charge in [0.05, 0.1) is 0 Å². The van der Waals surface area contributed by atoms with Crippen LogP contribution >= 0.6 is 0 Å². The predicted octanol–water partition coefficient (Wildman–Crippen LogP) is 5.29. The second-order valence-electron chi connectivity index (χ2n) is 12.5. The highest BCUT2D eigenvalue weighted by molar-refractivity contribution is 5.91. The minimum Gasteiger partial charge on any atom is -0.462 e. The van der Waals surface area contributed by atoms with Crippen LogP contribution in [0.25, 0.3) is 0 Å². The van der Waals surface area contributed by atoms with Crippen molar-refractivity contribution in [3.05, 3.63) is 11.6 Å². The van der Waals surface area contributed by atoms with Crippen LogP contribution in [0.15, 0.2) is 11.6 Å². The lowest BCUT2D eigenvalue weighted by molar-refractivity contribution is -0.152. The van der Waals surface area contributed by atoms with Gasteiger partial charge in [-0.3, -0.25) is 14.4 Å². The summed E-state index contributed by atoms with van der Waals surface area (Å²) >= 11 is 0. The second kappa shape index (κ2) is 9.52. The minimum absolute atomic E-state index is 0.0268. The third-order valence-electron chi connectivity index (χ3n) is 10.6. The first-order valence-corrected chi connectivity index (χ1v) is 13.6. The Labute approximate surface area is 205 Å². The van der Waals surface area contributed by atoms with Gasteiger partial charge in [-0.15, -0.1) is 0 Å². The van der Waals surface area contributed by atoms with Crippen LogP contribution in [0.2, 0.25) is 0 Å². The summed E-state index contributed by atoms with van der Waals surface area (Å²) < 4.78 is 5.94. The number of esters is 1. The summed E-state index contributed by atoms with van der Waals surface area (Å²) in [5.74, 6) is 1.80. The maximum atomic E-state index is 13.3. The average molecular weight is 473 g/mol. The van der Waals surface area contributed by atoms with Crippen LogP contribution in [0.3, 0.4) is 0 Å². The molecule has 0 saturated heterocycles. The highest BCUT2D eigenvalue weighted by atomic mass is 16.5. The van der Waals surface area contributed by atoms with E-state index in [2.05, 4.69) is 13.8 Å². The molecule has 190 valence electrons. The molecule has 0 radical (unpaired) electrons. The van der Waals surface area contributed by atoms with E-state index >= 15 is 0 Å². The molecule has 9 atom stereocenters. The number of aliphatic hydroxyl groups is 1. The summed E-state index contributed by atoms with van der Waals surface area (Å²) in [6, 6.07) is 0. The Morgan fingerprint density at radius 2 is 1.88 bits per heavy atom. The number of aliphatic hydroxyl groups excluding tert-OH is 1.